The normalized spacial score (nSPS) is 11.4. The minimum Gasteiger partial charge on any atom is -0.0837 e. The van der Waals surface area contributed by atoms with E-state index in [1.54, 1.807) is 0 Å². The van der Waals surface area contributed by atoms with Crippen LogP contribution in [0.4, 0.5) is 0 Å². The van der Waals surface area contributed by atoms with Crippen LogP contribution in [0.1, 0.15) is 38.3 Å². The van der Waals surface area contributed by atoms with Crippen LogP contribution in [0.3, 0.4) is 0 Å². The summed E-state index contributed by atoms with van der Waals surface area (Å²) in [6, 6.07) is 8.79. The maximum atomic E-state index is 2.26. The standard InChI is InChI=1S/C14H20/c1-4-13-8-10-14(11-9-13)7-5-6-12(2)3/h5,7-12H,4,6H2,1-3H3. The third-order valence-corrected chi connectivity index (χ3v) is 2.31. The molecule has 0 bridgehead atoms. The molecule has 0 radical (unpaired) electrons. The van der Waals surface area contributed by atoms with E-state index in [2.05, 4.69) is 57.2 Å². The number of hydrogen-bond donors (Lipinski definition) is 0. The van der Waals surface area contributed by atoms with Crippen LogP contribution in [0.2, 0.25) is 0 Å². The Bertz CT molecular complexity index is 277. The SMILES string of the molecule is CCc1ccc(C=CCC(C)C)cc1. The third-order valence-electron chi connectivity index (χ3n) is 2.31. The van der Waals surface area contributed by atoms with Crippen molar-refractivity contribution in [3.05, 3.63) is 41.5 Å². The van der Waals surface area contributed by atoms with Gasteiger partial charge in [-0.3, -0.25) is 0 Å². The fourth-order valence-electron chi connectivity index (χ4n) is 1.34. The molecule has 0 amide bonds. The van der Waals surface area contributed by atoms with Crippen LogP contribution in [0, 0.1) is 5.92 Å². The van der Waals surface area contributed by atoms with E-state index in [0.29, 0.717) is 0 Å². The highest BCUT2D eigenvalue weighted by atomic mass is 14.0. The number of rotatable bonds is 4. The van der Waals surface area contributed by atoms with E-state index in [9.17, 15) is 0 Å². The lowest BCUT2D eigenvalue weighted by atomic mass is 10.1. The number of benzene rings is 1. The van der Waals surface area contributed by atoms with Gasteiger partial charge in [-0.25, -0.2) is 0 Å². The Morgan fingerprint density at radius 3 is 2.29 bits per heavy atom. The van der Waals surface area contributed by atoms with Gasteiger partial charge in [0.15, 0.2) is 0 Å². The summed E-state index contributed by atoms with van der Waals surface area (Å²) in [5, 5.41) is 0. The molecule has 1 aromatic carbocycles. The molecule has 0 aromatic heterocycles. The molecule has 14 heavy (non-hydrogen) atoms. The summed E-state index contributed by atoms with van der Waals surface area (Å²) in [4.78, 5) is 0. The third kappa shape index (κ3) is 3.78. The van der Waals surface area contributed by atoms with Gasteiger partial charge < -0.3 is 0 Å². The summed E-state index contributed by atoms with van der Waals surface area (Å²) in [7, 11) is 0. The molecule has 0 saturated carbocycles. The zero-order valence-corrected chi connectivity index (χ0v) is 9.46. The van der Waals surface area contributed by atoms with E-state index < -0.39 is 0 Å². The summed E-state index contributed by atoms with van der Waals surface area (Å²) in [5.74, 6) is 0.751. The van der Waals surface area contributed by atoms with E-state index in [4.69, 9.17) is 0 Å². The Morgan fingerprint density at radius 2 is 1.79 bits per heavy atom. The van der Waals surface area contributed by atoms with Crippen molar-refractivity contribution < 1.29 is 0 Å². The van der Waals surface area contributed by atoms with Gasteiger partial charge in [0.25, 0.3) is 0 Å². The fourth-order valence-corrected chi connectivity index (χ4v) is 1.34. The zero-order chi connectivity index (χ0) is 10.4. The summed E-state index contributed by atoms with van der Waals surface area (Å²) in [6.07, 6.45) is 6.75. The van der Waals surface area contributed by atoms with E-state index in [1.807, 2.05) is 0 Å². The Labute approximate surface area is 87.7 Å². The molecule has 0 heteroatoms. The first-order valence-corrected chi connectivity index (χ1v) is 5.48. The molecule has 0 heterocycles. The summed E-state index contributed by atoms with van der Waals surface area (Å²) < 4.78 is 0. The van der Waals surface area contributed by atoms with Gasteiger partial charge in [0.05, 0.1) is 0 Å². The van der Waals surface area contributed by atoms with E-state index in [0.717, 1.165) is 18.8 Å². The Balaban J connectivity index is 2.55. The van der Waals surface area contributed by atoms with Gasteiger partial charge in [-0.2, -0.15) is 0 Å². The molecule has 0 atom stereocenters. The molecule has 0 aliphatic carbocycles. The molecule has 1 aromatic rings. The first-order chi connectivity index (χ1) is 6.72. The quantitative estimate of drug-likeness (QED) is 0.660. The van der Waals surface area contributed by atoms with Gasteiger partial charge in [0.1, 0.15) is 0 Å². The van der Waals surface area contributed by atoms with Gasteiger partial charge in [-0.05, 0) is 29.9 Å². The maximum absolute atomic E-state index is 2.26. The van der Waals surface area contributed by atoms with Crippen LogP contribution < -0.4 is 0 Å². The first-order valence-electron chi connectivity index (χ1n) is 5.48. The Hall–Kier alpha value is -1.04. The Morgan fingerprint density at radius 1 is 1.14 bits per heavy atom. The van der Waals surface area contributed by atoms with Gasteiger partial charge in [0, 0.05) is 0 Å². The van der Waals surface area contributed by atoms with E-state index in [-0.39, 0.29) is 0 Å². The second kappa shape index (κ2) is 5.64. The van der Waals surface area contributed by atoms with E-state index >= 15 is 0 Å². The zero-order valence-electron chi connectivity index (χ0n) is 9.46. The van der Waals surface area contributed by atoms with Crippen LogP contribution in [-0.2, 0) is 6.42 Å². The molecule has 0 nitrogen and oxygen atoms in total. The van der Waals surface area contributed by atoms with Crippen molar-refractivity contribution in [1.82, 2.24) is 0 Å². The number of allylic oxidation sites excluding steroid dienone is 1. The monoisotopic (exact) mass is 188 g/mol. The summed E-state index contributed by atoms with van der Waals surface area (Å²) in [6.45, 7) is 6.67. The van der Waals surface area contributed by atoms with Gasteiger partial charge in [-0.1, -0.05) is 57.2 Å². The minimum absolute atomic E-state index is 0.751. The molecule has 0 spiro atoms. The molecule has 76 valence electrons. The molecular weight excluding hydrogens is 168 g/mol. The summed E-state index contributed by atoms with van der Waals surface area (Å²) >= 11 is 0. The van der Waals surface area contributed by atoms with Crippen LogP contribution in [0.15, 0.2) is 30.3 Å². The van der Waals surface area contributed by atoms with Crippen molar-refractivity contribution in [2.24, 2.45) is 5.92 Å². The number of aryl methyl sites for hydroxylation is 1. The largest absolute Gasteiger partial charge is 0.0837 e. The van der Waals surface area contributed by atoms with Crippen molar-refractivity contribution in [3.8, 4) is 0 Å². The van der Waals surface area contributed by atoms with Crippen LogP contribution >= 0.6 is 0 Å². The number of hydrogen-bond acceptors (Lipinski definition) is 0. The van der Waals surface area contributed by atoms with Crippen molar-refractivity contribution in [2.45, 2.75) is 33.6 Å². The molecule has 0 unspecified atom stereocenters. The van der Waals surface area contributed by atoms with Gasteiger partial charge in [-0.15, -0.1) is 0 Å². The maximum Gasteiger partial charge on any atom is -0.0260 e. The van der Waals surface area contributed by atoms with E-state index in [1.165, 1.54) is 11.1 Å². The average molecular weight is 188 g/mol. The molecule has 0 fully saturated rings. The topological polar surface area (TPSA) is 0 Å². The predicted octanol–water partition coefficient (Wildman–Crippen LogP) is 4.31. The molecule has 0 aliphatic heterocycles. The van der Waals surface area contributed by atoms with Crippen molar-refractivity contribution in [3.63, 3.8) is 0 Å². The molecular formula is C14H20. The lowest BCUT2D eigenvalue weighted by Crippen LogP contribution is -1.82. The second-order valence-corrected chi connectivity index (χ2v) is 4.13. The molecule has 0 N–H and O–H groups in total. The lowest BCUT2D eigenvalue weighted by Gasteiger charge is -1.99. The van der Waals surface area contributed by atoms with Crippen molar-refractivity contribution >= 4 is 6.08 Å². The highest BCUT2D eigenvalue weighted by Crippen LogP contribution is 2.08. The minimum atomic E-state index is 0.751. The van der Waals surface area contributed by atoms with Crippen LogP contribution in [-0.4, -0.2) is 0 Å². The molecule has 0 aliphatic rings. The van der Waals surface area contributed by atoms with Gasteiger partial charge in [0.2, 0.25) is 0 Å². The smallest absolute Gasteiger partial charge is 0.0260 e. The highest BCUT2D eigenvalue weighted by Gasteiger charge is 1.90. The lowest BCUT2D eigenvalue weighted by molar-refractivity contribution is 0.665. The average Bonchev–Trinajstić information content (AvgIpc) is 2.18. The van der Waals surface area contributed by atoms with Crippen LogP contribution in [0.5, 0.6) is 0 Å². The second-order valence-electron chi connectivity index (χ2n) is 4.13. The van der Waals surface area contributed by atoms with Crippen LogP contribution in [0.25, 0.3) is 6.08 Å². The molecule has 1 rings (SSSR count). The summed E-state index contributed by atoms with van der Waals surface area (Å²) in [5.41, 5.74) is 2.72. The first kappa shape index (κ1) is 11.0. The highest BCUT2D eigenvalue weighted by molar-refractivity contribution is 5.49. The predicted molar refractivity (Wildman–Crippen MR) is 64.3 cm³/mol. The molecule has 0 saturated heterocycles. The Kier molecular flexibility index (Phi) is 4.45. The van der Waals surface area contributed by atoms with Crippen molar-refractivity contribution in [2.75, 3.05) is 0 Å². The fraction of sp³-hybridized carbons (Fsp3) is 0.429. The van der Waals surface area contributed by atoms with Crippen molar-refractivity contribution in [1.29, 1.82) is 0 Å². The van der Waals surface area contributed by atoms with Gasteiger partial charge >= 0.3 is 0 Å².